The van der Waals surface area contributed by atoms with Gasteiger partial charge in [0.15, 0.2) is 0 Å². The van der Waals surface area contributed by atoms with Crippen LogP contribution in [0.1, 0.15) is 22.3 Å². The summed E-state index contributed by atoms with van der Waals surface area (Å²) < 4.78 is 13.0. The maximum absolute atomic E-state index is 13.0. The number of rotatable bonds is 2. The second-order valence-corrected chi connectivity index (χ2v) is 5.20. The van der Waals surface area contributed by atoms with Gasteiger partial charge in [-0.2, -0.15) is 0 Å². The first-order valence-electron chi connectivity index (χ1n) is 5.99. The highest BCUT2D eigenvalue weighted by Gasteiger charge is 2.09. The van der Waals surface area contributed by atoms with Gasteiger partial charge in [-0.15, -0.1) is 12.6 Å². The third-order valence-corrected chi connectivity index (χ3v) is 3.82. The molecule has 0 nitrogen and oxygen atoms in total. The van der Waals surface area contributed by atoms with Crippen LogP contribution in [0.15, 0.2) is 35.2 Å². The maximum atomic E-state index is 13.0. The van der Waals surface area contributed by atoms with E-state index in [0.717, 1.165) is 21.6 Å². The fourth-order valence-corrected chi connectivity index (χ4v) is 2.40. The lowest BCUT2D eigenvalue weighted by molar-refractivity contribution is 0.480. The molecule has 0 heterocycles. The molecule has 0 unspecified atom stereocenters. The van der Waals surface area contributed by atoms with E-state index in [1.807, 2.05) is 13.0 Å². The van der Waals surface area contributed by atoms with Gasteiger partial charge in [0.25, 0.3) is 0 Å². The molecule has 2 aromatic carbocycles. The summed E-state index contributed by atoms with van der Waals surface area (Å²) in [4.78, 5) is 0.742. The lowest BCUT2D eigenvalue weighted by atomic mass is 9.97. The Morgan fingerprint density at radius 3 is 2.33 bits per heavy atom. The molecule has 0 saturated carbocycles. The lowest BCUT2D eigenvalue weighted by Gasteiger charge is -2.12. The van der Waals surface area contributed by atoms with Gasteiger partial charge >= 0.3 is 0 Å². The van der Waals surface area contributed by atoms with Gasteiger partial charge in [0.1, 0.15) is 6.67 Å². The minimum atomic E-state index is -0.474. The first kappa shape index (κ1) is 13.2. The van der Waals surface area contributed by atoms with Crippen LogP contribution >= 0.6 is 12.6 Å². The summed E-state index contributed by atoms with van der Waals surface area (Å²) in [5.74, 6) is 0. The average Bonchev–Trinajstić information content (AvgIpc) is 2.35. The van der Waals surface area contributed by atoms with Crippen LogP contribution in [0.25, 0.3) is 11.1 Å². The number of aryl methyl sites for hydroxylation is 3. The zero-order chi connectivity index (χ0) is 13.3. The van der Waals surface area contributed by atoms with Crippen molar-refractivity contribution < 1.29 is 4.39 Å². The van der Waals surface area contributed by atoms with Gasteiger partial charge in [0.2, 0.25) is 0 Å². The maximum Gasteiger partial charge on any atom is 0.116 e. The van der Waals surface area contributed by atoms with Crippen molar-refractivity contribution in [1.29, 1.82) is 0 Å². The van der Waals surface area contributed by atoms with Gasteiger partial charge in [0, 0.05) is 4.90 Å². The quantitative estimate of drug-likeness (QED) is 0.719. The lowest BCUT2D eigenvalue weighted by Crippen LogP contribution is -1.91. The number of alkyl halides is 1. The largest absolute Gasteiger partial charge is 0.246 e. The van der Waals surface area contributed by atoms with Crippen LogP contribution in [0.3, 0.4) is 0 Å². The molecule has 2 aromatic rings. The summed E-state index contributed by atoms with van der Waals surface area (Å²) in [5, 5.41) is 0. The van der Waals surface area contributed by atoms with Crippen LogP contribution in [-0.2, 0) is 6.67 Å². The molecule has 94 valence electrons. The zero-order valence-electron chi connectivity index (χ0n) is 10.9. The van der Waals surface area contributed by atoms with Gasteiger partial charge < -0.3 is 0 Å². The van der Waals surface area contributed by atoms with Crippen LogP contribution in [0.4, 0.5) is 4.39 Å². The molecule has 0 bridgehead atoms. The second kappa shape index (κ2) is 5.15. The zero-order valence-corrected chi connectivity index (χ0v) is 11.8. The Kier molecular flexibility index (Phi) is 3.76. The molecule has 0 amide bonds. The molecule has 0 radical (unpaired) electrons. The molecule has 0 atom stereocenters. The molecule has 18 heavy (non-hydrogen) atoms. The molecule has 0 aliphatic heterocycles. The summed E-state index contributed by atoms with van der Waals surface area (Å²) in [6, 6.07) is 10.2. The highest BCUT2D eigenvalue weighted by Crippen LogP contribution is 2.32. The van der Waals surface area contributed by atoms with Crippen LogP contribution in [-0.4, -0.2) is 0 Å². The number of halogens is 1. The highest BCUT2D eigenvalue weighted by molar-refractivity contribution is 7.80. The van der Waals surface area contributed by atoms with E-state index in [2.05, 4.69) is 50.7 Å². The molecule has 0 saturated heterocycles. The van der Waals surface area contributed by atoms with Crippen LogP contribution in [0.5, 0.6) is 0 Å². The van der Waals surface area contributed by atoms with Gasteiger partial charge in [-0.1, -0.05) is 35.9 Å². The molecule has 0 N–H and O–H groups in total. The summed E-state index contributed by atoms with van der Waals surface area (Å²) in [7, 11) is 0. The molecule has 0 aliphatic carbocycles. The van der Waals surface area contributed by atoms with Crippen molar-refractivity contribution in [2.24, 2.45) is 0 Å². The van der Waals surface area contributed by atoms with Crippen molar-refractivity contribution in [2.75, 3.05) is 0 Å². The summed E-state index contributed by atoms with van der Waals surface area (Å²) in [6.45, 7) is 5.68. The molecular weight excluding hydrogens is 243 g/mol. The van der Waals surface area contributed by atoms with Gasteiger partial charge in [-0.25, -0.2) is 4.39 Å². The van der Waals surface area contributed by atoms with E-state index in [-0.39, 0.29) is 0 Å². The van der Waals surface area contributed by atoms with Crippen molar-refractivity contribution in [3.63, 3.8) is 0 Å². The van der Waals surface area contributed by atoms with Crippen molar-refractivity contribution in [3.8, 4) is 11.1 Å². The van der Waals surface area contributed by atoms with Crippen LogP contribution < -0.4 is 0 Å². The van der Waals surface area contributed by atoms with E-state index in [4.69, 9.17) is 0 Å². The van der Waals surface area contributed by atoms with Gasteiger partial charge in [-0.3, -0.25) is 0 Å². The molecule has 0 fully saturated rings. The van der Waals surface area contributed by atoms with E-state index in [0.29, 0.717) is 5.56 Å². The third kappa shape index (κ3) is 2.44. The Balaban J connectivity index is 2.63. The molecule has 0 spiro atoms. The topological polar surface area (TPSA) is 0 Å². The van der Waals surface area contributed by atoms with E-state index in [9.17, 15) is 4.39 Å². The number of hydrogen-bond donors (Lipinski definition) is 1. The monoisotopic (exact) mass is 260 g/mol. The Bertz CT molecular complexity index is 588. The minimum Gasteiger partial charge on any atom is -0.246 e. The molecular formula is C16H17FS. The third-order valence-electron chi connectivity index (χ3n) is 3.30. The summed E-state index contributed by atoms with van der Waals surface area (Å²) in [5.41, 5.74) is 6.33. The van der Waals surface area contributed by atoms with Gasteiger partial charge in [0.05, 0.1) is 0 Å². The molecule has 2 rings (SSSR count). The van der Waals surface area contributed by atoms with Crippen molar-refractivity contribution in [1.82, 2.24) is 0 Å². The van der Waals surface area contributed by atoms with Crippen LogP contribution in [0, 0.1) is 20.8 Å². The fraction of sp³-hybridized carbons (Fsp3) is 0.250. The first-order chi connectivity index (χ1) is 8.52. The Morgan fingerprint density at radius 1 is 1.00 bits per heavy atom. The Labute approximate surface area is 113 Å². The van der Waals surface area contributed by atoms with Crippen molar-refractivity contribution >= 4 is 12.6 Å². The van der Waals surface area contributed by atoms with Crippen molar-refractivity contribution in [3.05, 3.63) is 52.6 Å². The average molecular weight is 260 g/mol. The van der Waals surface area contributed by atoms with Crippen LogP contribution in [0.2, 0.25) is 0 Å². The normalized spacial score (nSPS) is 10.7. The Morgan fingerprint density at radius 2 is 1.72 bits per heavy atom. The number of thiol groups is 1. The second-order valence-electron chi connectivity index (χ2n) is 4.75. The van der Waals surface area contributed by atoms with Gasteiger partial charge in [-0.05, 0) is 48.6 Å². The summed E-state index contributed by atoms with van der Waals surface area (Å²) in [6.07, 6.45) is 0. The Hall–Kier alpha value is -1.28. The number of hydrogen-bond acceptors (Lipinski definition) is 1. The van der Waals surface area contributed by atoms with E-state index < -0.39 is 6.67 Å². The molecule has 2 heteroatoms. The first-order valence-corrected chi connectivity index (χ1v) is 6.43. The smallest absolute Gasteiger partial charge is 0.116 e. The SMILES string of the molecule is Cc1cc(CF)c(S)c(-c2ccc(C)c(C)c2)c1. The minimum absolute atomic E-state index is 0.474. The van der Waals surface area contributed by atoms with E-state index in [1.54, 1.807) is 0 Å². The molecule has 0 aromatic heterocycles. The predicted octanol–water partition coefficient (Wildman–Crippen LogP) is 5.04. The fourth-order valence-electron chi connectivity index (χ4n) is 2.08. The highest BCUT2D eigenvalue weighted by atomic mass is 32.1. The predicted molar refractivity (Wildman–Crippen MR) is 78.2 cm³/mol. The number of benzene rings is 2. The standard InChI is InChI=1S/C16H17FS/c1-10-6-14(9-17)16(18)15(7-10)13-5-4-11(2)12(3)8-13/h4-8,18H,9H2,1-3H3. The summed E-state index contributed by atoms with van der Waals surface area (Å²) >= 11 is 4.47. The van der Waals surface area contributed by atoms with E-state index >= 15 is 0 Å². The van der Waals surface area contributed by atoms with E-state index in [1.165, 1.54) is 11.1 Å². The molecule has 0 aliphatic rings. The van der Waals surface area contributed by atoms with Crippen molar-refractivity contribution in [2.45, 2.75) is 32.3 Å².